The molecule has 0 atom stereocenters. The maximum absolute atomic E-state index is 11.7. The van der Waals surface area contributed by atoms with Gasteiger partial charge in [-0.05, 0) is 41.7 Å². The van der Waals surface area contributed by atoms with E-state index in [0.29, 0.717) is 19.4 Å². The van der Waals surface area contributed by atoms with Crippen molar-refractivity contribution >= 4 is 23.2 Å². The zero-order valence-corrected chi connectivity index (χ0v) is 11.9. The number of hydrogen-bond acceptors (Lipinski definition) is 3. The Morgan fingerprint density at radius 1 is 1.26 bits per heavy atom. The third kappa shape index (κ3) is 4.67. The molecule has 1 aliphatic rings. The SMILES string of the molecule is O=C(CCc1ccsc1)NCCC(=O)N1CCCC1. The average Bonchev–Trinajstić information content (AvgIpc) is 3.09. The van der Waals surface area contributed by atoms with Crippen LogP contribution in [0.2, 0.25) is 0 Å². The van der Waals surface area contributed by atoms with Crippen molar-refractivity contribution in [2.75, 3.05) is 19.6 Å². The Morgan fingerprint density at radius 3 is 2.74 bits per heavy atom. The summed E-state index contributed by atoms with van der Waals surface area (Å²) in [5, 5.41) is 6.89. The molecule has 5 heteroatoms. The van der Waals surface area contributed by atoms with Crippen molar-refractivity contribution in [3.8, 4) is 0 Å². The number of nitrogens with one attached hydrogen (secondary N) is 1. The van der Waals surface area contributed by atoms with Crippen molar-refractivity contribution < 1.29 is 9.59 Å². The fourth-order valence-corrected chi connectivity index (χ4v) is 2.92. The van der Waals surface area contributed by atoms with Crippen LogP contribution in [-0.4, -0.2) is 36.3 Å². The number of hydrogen-bond donors (Lipinski definition) is 1. The lowest BCUT2D eigenvalue weighted by atomic mass is 10.2. The van der Waals surface area contributed by atoms with Crippen LogP contribution in [0.5, 0.6) is 0 Å². The number of rotatable bonds is 6. The van der Waals surface area contributed by atoms with E-state index in [-0.39, 0.29) is 11.8 Å². The van der Waals surface area contributed by atoms with Gasteiger partial charge >= 0.3 is 0 Å². The van der Waals surface area contributed by atoms with Crippen LogP contribution in [0, 0.1) is 0 Å². The average molecular weight is 280 g/mol. The van der Waals surface area contributed by atoms with Gasteiger partial charge in [0.15, 0.2) is 0 Å². The zero-order chi connectivity index (χ0) is 13.5. The molecular weight excluding hydrogens is 260 g/mol. The summed E-state index contributed by atoms with van der Waals surface area (Å²) in [7, 11) is 0. The van der Waals surface area contributed by atoms with Crippen LogP contribution in [0.3, 0.4) is 0 Å². The minimum Gasteiger partial charge on any atom is -0.356 e. The minimum atomic E-state index is 0.0282. The molecule has 19 heavy (non-hydrogen) atoms. The van der Waals surface area contributed by atoms with E-state index >= 15 is 0 Å². The fraction of sp³-hybridized carbons (Fsp3) is 0.571. The first-order valence-corrected chi connectivity index (χ1v) is 7.75. The first-order valence-electron chi connectivity index (χ1n) is 6.81. The van der Waals surface area contributed by atoms with E-state index in [1.165, 1.54) is 5.56 Å². The van der Waals surface area contributed by atoms with Gasteiger partial charge in [-0.2, -0.15) is 11.3 Å². The number of amides is 2. The summed E-state index contributed by atoms with van der Waals surface area (Å²) in [5.41, 5.74) is 1.20. The van der Waals surface area contributed by atoms with Crippen LogP contribution in [0.15, 0.2) is 16.8 Å². The first-order chi connectivity index (χ1) is 9.25. The van der Waals surface area contributed by atoms with Crippen molar-refractivity contribution in [2.45, 2.75) is 32.1 Å². The van der Waals surface area contributed by atoms with Gasteiger partial charge in [-0.1, -0.05) is 0 Å². The van der Waals surface area contributed by atoms with Crippen molar-refractivity contribution in [3.63, 3.8) is 0 Å². The topological polar surface area (TPSA) is 49.4 Å². The van der Waals surface area contributed by atoms with Gasteiger partial charge in [-0.3, -0.25) is 9.59 Å². The molecule has 1 aromatic rings. The predicted molar refractivity (Wildman–Crippen MR) is 76.1 cm³/mol. The fourth-order valence-electron chi connectivity index (χ4n) is 2.21. The van der Waals surface area contributed by atoms with Crippen LogP contribution in [0.25, 0.3) is 0 Å². The summed E-state index contributed by atoms with van der Waals surface area (Å²) in [5.74, 6) is 0.191. The van der Waals surface area contributed by atoms with E-state index in [9.17, 15) is 9.59 Å². The van der Waals surface area contributed by atoms with Gasteiger partial charge in [0.2, 0.25) is 11.8 Å². The van der Waals surface area contributed by atoms with E-state index in [1.807, 2.05) is 16.3 Å². The Bertz CT molecular complexity index is 411. The van der Waals surface area contributed by atoms with E-state index in [2.05, 4.69) is 10.7 Å². The maximum Gasteiger partial charge on any atom is 0.224 e. The van der Waals surface area contributed by atoms with Crippen molar-refractivity contribution in [1.82, 2.24) is 10.2 Å². The van der Waals surface area contributed by atoms with E-state index < -0.39 is 0 Å². The summed E-state index contributed by atoms with van der Waals surface area (Å²) < 4.78 is 0. The van der Waals surface area contributed by atoms with Gasteiger partial charge in [0.05, 0.1) is 0 Å². The van der Waals surface area contributed by atoms with Crippen molar-refractivity contribution in [1.29, 1.82) is 0 Å². The Kier molecular flexibility index (Phi) is 5.39. The molecule has 0 aromatic carbocycles. The number of thiophene rings is 1. The summed E-state index contributed by atoms with van der Waals surface area (Å²) in [6.07, 6.45) is 3.91. The van der Waals surface area contributed by atoms with Crippen LogP contribution in [0.1, 0.15) is 31.2 Å². The van der Waals surface area contributed by atoms with E-state index in [4.69, 9.17) is 0 Å². The van der Waals surface area contributed by atoms with Crippen LogP contribution in [-0.2, 0) is 16.0 Å². The lowest BCUT2D eigenvalue weighted by molar-refractivity contribution is -0.130. The molecule has 1 N–H and O–H groups in total. The molecule has 0 radical (unpaired) electrons. The standard InChI is InChI=1S/C14H20N2O2S/c17-13(4-3-12-6-10-19-11-12)15-7-5-14(18)16-8-1-2-9-16/h6,10-11H,1-5,7-9H2,(H,15,17). The highest BCUT2D eigenvalue weighted by molar-refractivity contribution is 7.07. The molecule has 4 nitrogen and oxygen atoms in total. The number of carbonyl (C=O) groups is 2. The van der Waals surface area contributed by atoms with Crippen molar-refractivity contribution in [3.05, 3.63) is 22.4 Å². The second-order valence-electron chi connectivity index (χ2n) is 4.82. The van der Waals surface area contributed by atoms with Gasteiger partial charge in [0.25, 0.3) is 0 Å². The van der Waals surface area contributed by atoms with E-state index in [0.717, 1.165) is 32.4 Å². The molecule has 2 amide bonds. The highest BCUT2D eigenvalue weighted by Crippen LogP contribution is 2.09. The first kappa shape index (κ1) is 14.1. The molecule has 1 aromatic heterocycles. The molecule has 0 aliphatic carbocycles. The second kappa shape index (κ2) is 7.28. The molecule has 0 bridgehead atoms. The molecule has 1 saturated heterocycles. The van der Waals surface area contributed by atoms with Gasteiger partial charge < -0.3 is 10.2 Å². The van der Waals surface area contributed by atoms with Crippen molar-refractivity contribution in [2.24, 2.45) is 0 Å². The Hall–Kier alpha value is -1.36. The second-order valence-corrected chi connectivity index (χ2v) is 5.60. The predicted octanol–water partition coefficient (Wildman–Crippen LogP) is 1.81. The number of aryl methyl sites for hydroxylation is 1. The van der Waals surface area contributed by atoms with Crippen LogP contribution in [0.4, 0.5) is 0 Å². The largest absolute Gasteiger partial charge is 0.356 e. The zero-order valence-electron chi connectivity index (χ0n) is 11.1. The third-order valence-electron chi connectivity index (χ3n) is 3.34. The van der Waals surface area contributed by atoms with Gasteiger partial charge in [0.1, 0.15) is 0 Å². The van der Waals surface area contributed by atoms with Crippen LogP contribution >= 0.6 is 11.3 Å². The number of likely N-dealkylation sites (tertiary alicyclic amines) is 1. The molecule has 0 spiro atoms. The van der Waals surface area contributed by atoms with Gasteiger partial charge in [-0.15, -0.1) is 0 Å². The van der Waals surface area contributed by atoms with Gasteiger partial charge in [-0.25, -0.2) is 0 Å². The maximum atomic E-state index is 11.7. The Morgan fingerprint density at radius 2 is 2.05 bits per heavy atom. The summed E-state index contributed by atoms with van der Waals surface area (Å²) >= 11 is 1.65. The summed E-state index contributed by atoms with van der Waals surface area (Å²) in [6, 6.07) is 2.04. The molecule has 1 aliphatic heterocycles. The van der Waals surface area contributed by atoms with Crippen LogP contribution < -0.4 is 5.32 Å². The quantitative estimate of drug-likeness (QED) is 0.864. The molecule has 104 valence electrons. The van der Waals surface area contributed by atoms with Gasteiger partial charge in [0, 0.05) is 32.5 Å². The lowest BCUT2D eigenvalue weighted by Crippen LogP contribution is -2.32. The lowest BCUT2D eigenvalue weighted by Gasteiger charge is -2.15. The molecule has 2 rings (SSSR count). The summed E-state index contributed by atoms with van der Waals surface area (Å²) in [4.78, 5) is 25.2. The molecule has 1 fully saturated rings. The monoisotopic (exact) mass is 280 g/mol. The normalized spacial score (nSPS) is 14.6. The Labute approximate surface area is 117 Å². The number of carbonyl (C=O) groups excluding carboxylic acids is 2. The molecule has 2 heterocycles. The Balaban J connectivity index is 1.57. The smallest absolute Gasteiger partial charge is 0.224 e. The number of nitrogens with zero attached hydrogens (tertiary/aromatic N) is 1. The van der Waals surface area contributed by atoms with E-state index in [1.54, 1.807) is 11.3 Å². The summed E-state index contributed by atoms with van der Waals surface area (Å²) in [6.45, 7) is 2.22. The minimum absolute atomic E-state index is 0.0282. The molecular formula is C14H20N2O2S. The highest BCUT2D eigenvalue weighted by atomic mass is 32.1. The molecule has 0 unspecified atom stereocenters. The third-order valence-corrected chi connectivity index (χ3v) is 4.07. The molecule has 0 saturated carbocycles. The highest BCUT2D eigenvalue weighted by Gasteiger charge is 2.17.